The van der Waals surface area contributed by atoms with Crippen LogP contribution in [-0.2, 0) is 65.4 Å². The Labute approximate surface area is 592 Å². The zero-order valence-corrected chi connectivity index (χ0v) is 64.7. The Bertz CT molecular complexity index is 1970. The Hall–Kier alpha value is -2.46. The van der Waals surface area contributed by atoms with Gasteiger partial charge in [-0.1, -0.05) is 329 Å². The molecule has 0 heterocycles. The van der Waals surface area contributed by atoms with Crippen LogP contribution in [0.5, 0.6) is 0 Å². The first kappa shape index (κ1) is 94.5. The maximum Gasteiger partial charge on any atom is 0.472 e. The highest BCUT2D eigenvalue weighted by atomic mass is 31.2. The van der Waals surface area contributed by atoms with E-state index in [9.17, 15) is 43.2 Å². The third-order valence-corrected chi connectivity index (χ3v) is 19.5. The molecule has 0 aromatic rings. The molecule has 0 radical (unpaired) electrons. The van der Waals surface area contributed by atoms with E-state index in [-0.39, 0.29) is 25.7 Å². The molecule has 0 spiro atoms. The maximum absolute atomic E-state index is 13.1. The van der Waals surface area contributed by atoms with Crippen LogP contribution in [0.4, 0.5) is 0 Å². The number of esters is 4. The van der Waals surface area contributed by atoms with Gasteiger partial charge in [0.1, 0.15) is 19.3 Å². The lowest BCUT2D eigenvalue weighted by molar-refractivity contribution is -0.161. The highest BCUT2D eigenvalue weighted by Gasteiger charge is 2.30. The van der Waals surface area contributed by atoms with Crippen molar-refractivity contribution in [1.82, 2.24) is 0 Å². The van der Waals surface area contributed by atoms with Gasteiger partial charge < -0.3 is 33.8 Å². The standard InChI is InChI=1S/C78H148O17P2/c1-7-9-11-13-15-17-19-20-21-25-31-37-43-49-55-61-76(81)89-67-74(94-77(82)62-56-50-44-38-32-26-23-22-24-29-34-40-46-52-58-70(3)4)69-93-97(86,87)91-65-72(79)64-90-96(84,85)92-68-73(66-88-75(80)60-54-48-42-36-28-18-16-14-12-10-8-2)95-78(83)63-57-51-45-39-33-27-30-35-41-47-53-59-71(5)6/h17,19-21,70-74,79H,7-16,18,22-69H2,1-6H3,(H,84,85)(H,86,87)/b19-17-,21-20-/t72-,73+,74+/m0/s1. The summed E-state index contributed by atoms with van der Waals surface area (Å²) < 4.78 is 68.6. The normalized spacial score (nSPS) is 14.1. The second-order valence-electron chi connectivity index (χ2n) is 28.4. The van der Waals surface area contributed by atoms with Gasteiger partial charge in [0.15, 0.2) is 12.2 Å². The van der Waals surface area contributed by atoms with Crippen LogP contribution in [0.1, 0.15) is 382 Å². The van der Waals surface area contributed by atoms with Gasteiger partial charge in [-0.05, 0) is 63.2 Å². The van der Waals surface area contributed by atoms with Crippen LogP contribution in [0, 0.1) is 11.8 Å². The molecule has 0 aliphatic carbocycles. The smallest absolute Gasteiger partial charge is 0.462 e. The minimum Gasteiger partial charge on any atom is -0.462 e. The molecule has 0 saturated carbocycles. The first-order chi connectivity index (χ1) is 46.9. The number of ether oxygens (including phenoxy) is 4. The summed E-state index contributed by atoms with van der Waals surface area (Å²) in [5.74, 6) is -0.585. The van der Waals surface area contributed by atoms with Crippen LogP contribution in [0.2, 0.25) is 0 Å². The van der Waals surface area contributed by atoms with Gasteiger partial charge in [0.2, 0.25) is 0 Å². The van der Waals surface area contributed by atoms with Crippen LogP contribution < -0.4 is 0 Å². The van der Waals surface area contributed by atoms with Crippen molar-refractivity contribution in [1.29, 1.82) is 0 Å². The summed E-state index contributed by atoms with van der Waals surface area (Å²) in [7, 11) is -9.93. The van der Waals surface area contributed by atoms with Gasteiger partial charge in [0, 0.05) is 25.7 Å². The Balaban J connectivity index is 5.29. The number of carbonyl (C=O) groups excluding carboxylic acids is 4. The summed E-state index contributed by atoms with van der Waals surface area (Å²) in [6.07, 6.45) is 60.3. The number of unbranched alkanes of at least 4 members (excludes halogenated alkanes) is 42. The molecule has 0 rings (SSSR count). The van der Waals surface area contributed by atoms with E-state index in [2.05, 4.69) is 65.8 Å². The number of rotatable bonds is 75. The molecule has 0 saturated heterocycles. The van der Waals surface area contributed by atoms with Gasteiger partial charge in [-0.25, -0.2) is 9.13 Å². The average Bonchev–Trinajstić information content (AvgIpc) is 1.01. The van der Waals surface area contributed by atoms with E-state index in [0.717, 1.165) is 121 Å². The molecule has 17 nitrogen and oxygen atoms in total. The molecule has 0 aliphatic rings. The van der Waals surface area contributed by atoms with Crippen LogP contribution in [0.25, 0.3) is 0 Å². The number of hydrogen-bond donors (Lipinski definition) is 3. The topological polar surface area (TPSA) is 237 Å². The van der Waals surface area contributed by atoms with Crippen molar-refractivity contribution in [2.24, 2.45) is 11.8 Å². The van der Waals surface area contributed by atoms with Crippen molar-refractivity contribution in [3.63, 3.8) is 0 Å². The van der Waals surface area contributed by atoms with Crippen LogP contribution >= 0.6 is 15.6 Å². The fraction of sp³-hybridized carbons (Fsp3) is 0.897. The van der Waals surface area contributed by atoms with Crippen molar-refractivity contribution >= 4 is 39.5 Å². The number of allylic oxidation sites excluding steroid dienone is 4. The summed E-state index contributed by atoms with van der Waals surface area (Å²) in [4.78, 5) is 72.9. The monoisotopic (exact) mass is 1420 g/mol. The van der Waals surface area contributed by atoms with Gasteiger partial charge in [-0.2, -0.15) is 0 Å². The van der Waals surface area contributed by atoms with Gasteiger partial charge >= 0.3 is 39.5 Å². The summed E-state index contributed by atoms with van der Waals surface area (Å²) in [5.41, 5.74) is 0. The van der Waals surface area contributed by atoms with E-state index in [1.165, 1.54) is 180 Å². The first-order valence-corrected chi connectivity index (χ1v) is 42.8. The molecule has 97 heavy (non-hydrogen) atoms. The zero-order valence-electron chi connectivity index (χ0n) is 62.9. The fourth-order valence-corrected chi connectivity index (χ4v) is 13.0. The summed E-state index contributed by atoms with van der Waals surface area (Å²) in [5, 5.41) is 10.6. The van der Waals surface area contributed by atoms with Crippen LogP contribution in [-0.4, -0.2) is 96.7 Å². The van der Waals surface area contributed by atoms with E-state index in [1.807, 2.05) is 0 Å². The Morgan fingerprint density at radius 2 is 0.557 bits per heavy atom. The first-order valence-electron chi connectivity index (χ1n) is 39.8. The minimum absolute atomic E-state index is 0.101. The third kappa shape index (κ3) is 71.7. The highest BCUT2D eigenvalue weighted by Crippen LogP contribution is 2.45. The summed E-state index contributed by atoms with van der Waals surface area (Å²) in [6.45, 7) is 9.56. The molecular formula is C78H148O17P2. The Morgan fingerprint density at radius 3 is 0.845 bits per heavy atom. The maximum atomic E-state index is 13.1. The SMILES string of the molecule is CCCCCC/C=C\C=C/CCCCCCCC(=O)OC[C@H](COP(=O)(O)OC[C@@H](O)COP(=O)(O)OC[C@@H](COC(=O)CCCCCCCCCCCCC)OC(=O)CCCCCCCCCCCCCC(C)C)OC(=O)CCCCCCCCCCCCCCCCC(C)C. The number of hydrogen-bond acceptors (Lipinski definition) is 15. The molecule has 0 aromatic heterocycles. The zero-order chi connectivity index (χ0) is 71.4. The predicted molar refractivity (Wildman–Crippen MR) is 395 cm³/mol. The van der Waals surface area contributed by atoms with Crippen molar-refractivity contribution in [2.75, 3.05) is 39.6 Å². The number of phosphoric ester groups is 2. The molecular weight excluding hydrogens is 1270 g/mol. The van der Waals surface area contributed by atoms with Gasteiger partial charge in [0.05, 0.1) is 26.4 Å². The van der Waals surface area contributed by atoms with Gasteiger partial charge in [-0.3, -0.25) is 37.3 Å². The van der Waals surface area contributed by atoms with Crippen molar-refractivity contribution in [3.8, 4) is 0 Å². The molecule has 0 aromatic carbocycles. The predicted octanol–water partition coefficient (Wildman–Crippen LogP) is 22.7. The van der Waals surface area contributed by atoms with Crippen molar-refractivity contribution in [3.05, 3.63) is 24.3 Å². The molecule has 19 heteroatoms. The second kappa shape index (κ2) is 69.3. The molecule has 0 aliphatic heterocycles. The highest BCUT2D eigenvalue weighted by molar-refractivity contribution is 7.47. The quantitative estimate of drug-likeness (QED) is 0.0169. The van der Waals surface area contributed by atoms with Gasteiger partial charge in [-0.15, -0.1) is 0 Å². The van der Waals surface area contributed by atoms with Gasteiger partial charge in [0.25, 0.3) is 0 Å². The van der Waals surface area contributed by atoms with Crippen LogP contribution in [0.15, 0.2) is 24.3 Å². The lowest BCUT2D eigenvalue weighted by atomic mass is 10.0. The average molecular weight is 1420 g/mol. The van der Waals surface area contributed by atoms with Crippen molar-refractivity contribution in [2.45, 2.75) is 400 Å². The lowest BCUT2D eigenvalue weighted by Crippen LogP contribution is -2.30. The van der Waals surface area contributed by atoms with Crippen LogP contribution in [0.3, 0.4) is 0 Å². The number of phosphoric acid groups is 2. The van der Waals surface area contributed by atoms with E-state index in [0.29, 0.717) is 25.7 Å². The molecule has 3 N–H and O–H groups in total. The van der Waals surface area contributed by atoms with E-state index in [1.54, 1.807) is 0 Å². The lowest BCUT2D eigenvalue weighted by Gasteiger charge is -2.21. The molecule has 0 amide bonds. The third-order valence-electron chi connectivity index (χ3n) is 17.6. The summed E-state index contributed by atoms with van der Waals surface area (Å²) in [6, 6.07) is 0. The number of aliphatic hydroxyl groups is 1. The Kier molecular flexibility index (Phi) is 67.5. The number of aliphatic hydroxyl groups excluding tert-OH is 1. The summed E-state index contributed by atoms with van der Waals surface area (Å²) >= 11 is 0. The largest absolute Gasteiger partial charge is 0.472 e. The van der Waals surface area contributed by atoms with E-state index in [4.69, 9.17) is 37.0 Å². The second-order valence-corrected chi connectivity index (χ2v) is 31.3. The molecule has 5 atom stereocenters. The fourth-order valence-electron chi connectivity index (χ4n) is 11.5. The molecule has 0 bridgehead atoms. The molecule has 572 valence electrons. The molecule has 0 fully saturated rings. The minimum atomic E-state index is -4.97. The molecule has 2 unspecified atom stereocenters. The van der Waals surface area contributed by atoms with Crippen molar-refractivity contribution < 1.29 is 80.2 Å². The number of carbonyl (C=O) groups is 4. The van der Waals surface area contributed by atoms with E-state index < -0.39 is 97.5 Å². The Morgan fingerprint density at radius 1 is 0.320 bits per heavy atom. The van der Waals surface area contributed by atoms with E-state index >= 15 is 0 Å².